The zero-order valence-corrected chi connectivity index (χ0v) is 12.3. The van der Waals surface area contributed by atoms with Gasteiger partial charge in [-0.3, -0.25) is 4.79 Å². The van der Waals surface area contributed by atoms with Crippen LogP contribution in [0, 0.1) is 12.8 Å². The fourth-order valence-electron chi connectivity index (χ4n) is 1.97. The number of rotatable bonds is 7. The van der Waals surface area contributed by atoms with E-state index in [-0.39, 0.29) is 18.2 Å². The highest BCUT2D eigenvalue weighted by molar-refractivity contribution is 5.93. The molecule has 7 heteroatoms. The molecule has 0 aromatic heterocycles. The van der Waals surface area contributed by atoms with Crippen LogP contribution >= 0.6 is 0 Å². The first-order valence-electron chi connectivity index (χ1n) is 7.15. The molecule has 4 nitrogen and oxygen atoms in total. The predicted octanol–water partition coefficient (Wildman–Crippen LogP) is 2.87. The van der Waals surface area contributed by atoms with Gasteiger partial charge in [-0.15, -0.1) is 0 Å². The fraction of sp³-hybridized carbons (Fsp3) is 0.533. The number of benzene rings is 1. The first-order chi connectivity index (χ1) is 10.3. The van der Waals surface area contributed by atoms with Crippen molar-refractivity contribution in [2.75, 3.05) is 25.0 Å². The first-order valence-corrected chi connectivity index (χ1v) is 7.15. The van der Waals surface area contributed by atoms with Crippen molar-refractivity contribution in [2.24, 2.45) is 5.92 Å². The number of alkyl halides is 3. The number of hydrogen-bond donors (Lipinski definition) is 2. The van der Waals surface area contributed by atoms with Gasteiger partial charge in [0.1, 0.15) is 5.75 Å². The molecule has 1 aromatic rings. The Morgan fingerprint density at radius 1 is 1.36 bits per heavy atom. The first kappa shape index (κ1) is 16.6. The Morgan fingerprint density at radius 3 is 2.73 bits per heavy atom. The van der Waals surface area contributed by atoms with Crippen molar-refractivity contribution in [2.45, 2.75) is 25.9 Å². The van der Waals surface area contributed by atoms with Crippen LogP contribution in [0.4, 0.5) is 18.9 Å². The van der Waals surface area contributed by atoms with E-state index in [0.29, 0.717) is 17.2 Å². The quantitative estimate of drug-likeness (QED) is 0.813. The van der Waals surface area contributed by atoms with Crippen molar-refractivity contribution in [3.05, 3.63) is 23.8 Å². The third-order valence-electron chi connectivity index (χ3n) is 3.37. The molecular formula is C15H19F3N2O2. The van der Waals surface area contributed by atoms with Crippen LogP contribution in [0.5, 0.6) is 5.75 Å². The SMILES string of the molecule is Cc1c(NC(=O)CNCC2CC2)cccc1OCC(F)(F)F. The van der Waals surface area contributed by atoms with Gasteiger partial charge < -0.3 is 15.4 Å². The number of carbonyl (C=O) groups excluding carboxylic acids is 1. The molecule has 2 rings (SSSR count). The van der Waals surface area contributed by atoms with Crippen LogP contribution in [0.2, 0.25) is 0 Å². The summed E-state index contributed by atoms with van der Waals surface area (Å²) in [5.74, 6) is 0.561. The molecule has 1 aromatic carbocycles. The molecule has 0 saturated heterocycles. The molecule has 0 bridgehead atoms. The van der Waals surface area contributed by atoms with Crippen LogP contribution in [0.1, 0.15) is 18.4 Å². The number of hydrogen-bond acceptors (Lipinski definition) is 3. The van der Waals surface area contributed by atoms with Gasteiger partial charge in [0.2, 0.25) is 5.91 Å². The van der Waals surface area contributed by atoms with E-state index in [0.717, 1.165) is 6.54 Å². The summed E-state index contributed by atoms with van der Waals surface area (Å²) in [7, 11) is 0. The zero-order chi connectivity index (χ0) is 16.2. The molecule has 0 aliphatic heterocycles. The Kier molecular flexibility index (Phi) is 5.28. The second-order valence-electron chi connectivity index (χ2n) is 5.46. The average Bonchev–Trinajstić information content (AvgIpc) is 3.23. The van der Waals surface area contributed by atoms with E-state index in [1.807, 2.05) is 0 Å². The minimum Gasteiger partial charge on any atom is -0.484 e. The lowest BCUT2D eigenvalue weighted by Gasteiger charge is -2.14. The van der Waals surface area contributed by atoms with Gasteiger partial charge in [0.15, 0.2) is 6.61 Å². The molecule has 0 unspecified atom stereocenters. The summed E-state index contributed by atoms with van der Waals surface area (Å²) in [6.07, 6.45) is -1.99. The molecule has 1 aliphatic carbocycles. The monoisotopic (exact) mass is 316 g/mol. The summed E-state index contributed by atoms with van der Waals surface area (Å²) in [6, 6.07) is 4.63. The molecular weight excluding hydrogens is 297 g/mol. The van der Waals surface area contributed by atoms with Gasteiger partial charge in [0, 0.05) is 11.3 Å². The lowest BCUT2D eigenvalue weighted by atomic mass is 10.2. The van der Waals surface area contributed by atoms with Crippen molar-refractivity contribution in [3.63, 3.8) is 0 Å². The number of nitrogens with one attached hydrogen (secondary N) is 2. The smallest absolute Gasteiger partial charge is 0.422 e. The highest BCUT2D eigenvalue weighted by Gasteiger charge is 2.28. The second-order valence-corrected chi connectivity index (χ2v) is 5.46. The van der Waals surface area contributed by atoms with Gasteiger partial charge in [-0.2, -0.15) is 13.2 Å². The van der Waals surface area contributed by atoms with E-state index in [1.165, 1.54) is 18.9 Å². The second kappa shape index (κ2) is 7.00. The van der Waals surface area contributed by atoms with E-state index in [1.54, 1.807) is 19.1 Å². The van der Waals surface area contributed by atoms with Crippen molar-refractivity contribution in [1.82, 2.24) is 5.32 Å². The summed E-state index contributed by atoms with van der Waals surface area (Å²) in [4.78, 5) is 11.8. The van der Waals surface area contributed by atoms with Crippen LogP contribution in [-0.2, 0) is 4.79 Å². The minimum absolute atomic E-state index is 0.112. The highest BCUT2D eigenvalue weighted by Crippen LogP contribution is 2.28. The summed E-state index contributed by atoms with van der Waals surface area (Å²) in [6.45, 7) is 1.26. The summed E-state index contributed by atoms with van der Waals surface area (Å²) < 4.78 is 41.3. The largest absolute Gasteiger partial charge is 0.484 e. The molecule has 22 heavy (non-hydrogen) atoms. The van der Waals surface area contributed by atoms with Crippen LogP contribution in [-0.4, -0.2) is 31.8 Å². The Balaban J connectivity index is 1.88. The molecule has 1 fully saturated rings. The van der Waals surface area contributed by atoms with Crippen LogP contribution < -0.4 is 15.4 Å². The van der Waals surface area contributed by atoms with Gasteiger partial charge in [-0.1, -0.05) is 6.07 Å². The zero-order valence-electron chi connectivity index (χ0n) is 12.3. The van der Waals surface area contributed by atoms with Crippen molar-refractivity contribution in [3.8, 4) is 5.75 Å². The van der Waals surface area contributed by atoms with Crippen molar-refractivity contribution < 1.29 is 22.7 Å². The highest BCUT2D eigenvalue weighted by atomic mass is 19.4. The Hall–Kier alpha value is -1.76. The number of carbonyl (C=O) groups is 1. The summed E-state index contributed by atoms with van der Waals surface area (Å²) in [5, 5.41) is 5.73. The van der Waals surface area contributed by atoms with Gasteiger partial charge in [0.05, 0.1) is 6.54 Å². The average molecular weight is 316 g/mol. The van der Waals surface area contributed by atoms with Gasteiger partial charge in [-0.05, 0) is 44.4 Å². The molecule has 0 spiro atoms. The summed E-state index contributed by atoms with van der Waals surface area (Å²) in [5.41, 5.74) is 0.931. The summed E-state index contributed by atoms with van der Waals surface area (Å²) >= 11 is 0. The number of ether oxygens (including phenoxy) is 1. The molecule has 122 valence electrons. The van der Waals surface area contributed by atoms with Crippen LogP contribution in [0.3, 0.4) is 0 Å². The molecule has 0 heterocycles. The van der Waals surface area contributed by atoms with E-state index in [9.17, 15) is 18.0 Å². The van der Waals surface area contributed by atoms with E-state index >= 15 is 0 Å². The lowest BCUT2D eigenvalue weighted by Crippen LogP contribution is -2.29. The standard InChI is InChI=1S/C15H19F3N2O2/c1-10-12(20-14(21)8-19-7-11-5-6-11)3-2-4-13(10)22-9-15(16,17)18/h2-4,11,19H,5-9H2,1H3,(H,20,21). The molecule has 1 aliphatic rings. The Morgan fingerprint density at radius 2 is 2.09 bits per heavy atom. The maximum atomic E-state index is 12.2. The van der Waals surface area contributed by atoms with Crippen LogP contribution in [0.25, 0.3) is 0 Å². The molecule has 1 saturated carbocycles. The molecule has 0 atom stereocenters. The number of halogens is 3. The van der Waals surface area contributed by atoms with Gasteiger partial charge in [-0.25, -0.2) is 0 Å². The Bertz CT molecular complexity index is 528. The van der Waals surface area contributed by atoms with Crippen molar-refractivity contribution >= 4 is 11.6 Å². The normalized spacial score (nSPS) is 14.7. The Labute approximate surface area is 127 Å². The topological polar surface area (TPSA) is 50.4 Å². The number of amides is 1. The van der Waals surface area contributed by atoms with Crippen LogP contribution in [0.15, 0.2) is 18.2 Å². The fourth-order valence-corrected chi connectivity index (χ4v) is 1.97. The van der Waals surface area contributed by atoms with Gasteiger partial charge >= 0.3 is 6.18 Å². The molecule has 2 N–H and O–H groups in total. The maximum Gasteiger partial charge on any atom is 0.422 e. The van der Waals surface area contributed by atoms with Gasteiger partial charge in [0.25, 0.3) is 0 Å². The van der Waals surface area contributed by atoms with E-state index < -0.39 is 12.8 Å². The maximum absolute atomic E-state index is 12.2. The molecule has 1 amide bonds. The third-order valence-corrected chi connectivity index (χ3v) is 3.37. The molecule has 0 radical (unpaired) electrons. The predicted molar refractivity (Wildman–Crippen MR) is 77.0 cm³/mol. The van der Waals surface area contributed by atoms with Crippen molar-refractivity contribution in [1.29, 1.82) is 0 Å². The minimum atomic E-state index is -4.39. The lowest BCUT2D eigenvalue weighted by molar-refractivity contribution is -0.153. The third kappa shape index (κ3) is 5.55. The number of anilines is 1. The van der Waals surface area contributed by atoms with E-state index in [2.05, 4.69) is 10.6 Å². The van der Waals surface area contributed by atoms with E-state index in [4.69, 9.17) is 4.74 Å².